The number of aromatic nitrogens is 1. The third-order valence-corrected chi connectivity index (χ3v) is 3.98. The van der Waals surface area contributed by atoms with Gasteiger partial charge in [-0.2, -0.15) is 0 Å². The summed E-state index contributed by atoms with van der Waals surface area (Å²) in [6.45, 7) is 1.47. The van der Waals surface area contributed by atoms with Gasteiger partial charge in [0.1, 0.15) is 0 Å². The molecule has 0 aliphatic heterocycles. The molecule has 0 aliphatic rings. The first-order valence-electron chi connectivity index (χ1n) is 7.35. The number of nitrogens with one attached hydrogen (secondary N) is 3. The van der Waals surface area contributed by atoms with Crippen molar-refractivity contribution in [1.82, 2.24) is 20.9 Å². The Balaban J connectivity index is 1.67. The first-order chi connectivity index (χ1) is 11.6. The van der Waals surface area contributed by atoms with Gasteiger partial charge in [0.05, 0.1) is 29.7 Å². The summed E-state index contributed by atoms with van der Waals surface area (Å²) in [6.07, 6.45) is 1.65. The van der Waals surface area contributed by atoms with Crippen LogP contribution in [0.4, 0.5) is 0 Å². The van der Waals surface area contributed by atoms with E-state index < -0.39 is 5.91 Å². The third-order valence-electron chi connectivity index (χ3n) is 3.11. The second-order valence-electron chi connectivity index (χ2n) is 4.98. The van der Waals surface area contributed by atoms with E-state index in [1.165, 1.54) is 11.3 Å². The Morgan fingerprint density at radius 3 is 2.54 bits per heavy atom. The molecule has 0 bridgehead atoms. The molecule has 2 aromatic heterocycles. The van der Waals surface area contributed by atoms with E-state index in [1.54, 1.807) is 29.8 Å². The number of amides is 3. The lowest BCUT2D eigenvalue weighted by Crippen LogP contribution is -2.42. The Labute approximate surface area is 143 Å². The van der Waals surface area contributed by atoms with E-state index in [-0.39, 0.29) is 30.9 Å². The lowest BCUT2D eigenvalue weighted by atomic mass is 10.2. The maximum Gasteiger partial charge on any atom is 0.261 e. The third kappa shape index (κ3) is 5.47. The normalized spacial score (nSPS) is 11.4. The Hall–Kier alpha value is -2.74. The zero-order valence-corrected chi connectivity index (χ0v) is 13.9. The molecule has 3 N–H and O–H groups in total. The second-order valence-corrected chi connectivity index (χ2v) is 5.93. The summed E-state index contributed by atoms with van der Waals surface area (Å²) in [5.74, 6) is -1.07. The quantitative estimate of drug-likeness (QED) is 0.692. The number of carbonyl (C=O) groups is 3. The van der Waals surface area contributed by atoms with Crippen molar-refractivity contribution < 1.29 is 14.4 Å². The summed E-state index contributed by atoms with van der Waals surface area (Å²) in [4.78, 5) is 39.8. The van der Waals surface area contributed by atoms with Crippen LogP contribution in [-0.2, 0) is 9.59 Å². The molecule has 1 unspecified atom stereocenters. The maximum absolute atomic E-state index is 11.8. The molecule has 0 saturated heterocycles. The first kappa shape index (κ1) is 17.6. The molecule has 3 amide bonds. The Bertz CT molecular complexity index is 689. The number of hydrogen-bond donors (Lipinski definition) is 3. The zero-order chi connectivity index (χ0) is 17.4. The second kappa shape index (κ2) is 8.78. The molecule has 1 atom stereocenters. The van der Waals surface area contributed by atoms with Gasteiger partial charge in [0.2, 0.25) is 11.8 Å². The van der Waals surface area contributed by atoms with Gasteiger partial charge in [0.15, 0.2) is 0 Å². The molecule has 126 valence electrons. The average molecular weight is 346 g/mol. The van der Waals surface area contributed by atoms with Crippen molar-refractivity contribution in [2.24, 2.45) is 0 Å². The van der Waals surface area contributed by atoms with Gasteiger partial charge in [-0.1, -0.05) is 12.1 Å². The van der Waals surface area contributed by atoms with Gasteiger partial charge in [0.25, 0.3) is 5.91 Å². The largest absolute Gasteiger partial charge is 0.346 e. The van der Waals surface area contributed by atoms with Gasteiger partial charge in [-0.3, -0.25) is 19.4 Å². The first-order valence-corrected chi connectivity index (χ1v) is 8.23. The van der Waals surface area contributed by atoms with E-state index >= 15 is 0 Å². The Morgan fingerprint density at radius 1 is 1.08 bits per heavy atom. The summed E-state index contributed by atoms with van der Waals surface area (Å²) < 4.78 is 0. The maximum atomic E-state index is 11.8. The average Bonchev–Trinajstić information content (AvgIpc) is 3.13. The van der Waals surface area contributed by atoms with Crippen molar-refractivity contribution in [2.75, 3.05) is 13.1 Å². The van der Waals surface area contributed by atoms with Gasteiger partial charge in [0, 0.05) is 6.20 Å². The van der Waals surface area contributed by atoms with Gasteiger partial charge >= 0.3 is 0 Å². The summed E-state index contributed by atoms with van der Waals surface area (Å²) in [6, 6.07) is 8.61. The molecular formula is C16H18N4O3S. The minimum atomic E-state index is -0.430. The van der Waals surface area contributed by atoms with Crippen LogP contribution in [0.1, 0.15) is 28.3 Å². The summed E-state index contributed by atoms with van der Waals surface area (Å²) in [5.41, 5.74) is 0.736. The highest BCUT2D eigenvalue weighted by Crippen LogP contribution is 2.08. The lowest BCUT2D eigenvalue weighted by molar-refractivity contribution is -0.125. The smallest absolute Gasteiger partial charge is 0.261 e. The fourth-order valence-corrected chi connectivity index (χ4v) is 2.54. The van der Waals surface area contributed by atoms with Crippen molar-refractivity contribution in [1.29, 1.82) is 0 Å². The number of rotatable bonds is 7. The van der Waals surface area contributed by atoms with Gasteiger partial charge in [-0.05, 0) is 30.5 Å². The minimum Gasteiger partial charge on any atom is -0.346 e. The standard InChI is InChI=1S/C16H18N4O3S/c1-11(12-5-2-3-7-17-12)20-15(22)10-18-14(21)9-19-16(23)13-6-4-8-24-13/h2-8,11H,9-10H2,1H3,(H,18,21)(H,19,23)(H,20,22). The highest BCUT2D eigenvalue weighted by molar-refractivity contribution is 7.12. The van der Waals surface area contributed by atoms with Crippen molar-refractivity contribution in [2.45, 2.75) is 13.0 Å². The molecule has 2 rings (SSSR count). The minimum absolute atomic E-state index is 0.162. The highest BCUT2D eigenvalue weighted by atomic mass is 32.1. The molecule has 24 heavy (non-hydrogen) atoms. The number of nitrogens with zero attached hydrogens (tertiary/aromatic N) is 1. The van der Waals surface area contributed by atoms with Crippen LogP contribution in [0, 0.1) is 0 Å². The summed E-state index contributed by atoms with van der Waals surface area (Å²) in [7, 11) is 0. The summed E-state index contributed by atoms with van der Waals surface area (Å²) in [5, 5.41) is 9.47. The van der Waals surface area contributed by atoms with E-state index in [0.717, 1.165) is 5.69 Å². The predicted molar refractivity (Wildman–Crippen MR) is 90.5 cm³/mol. The lowest BCUT2D eigenvalue weighted by Gasteiger charge is -2.13. The van der Waals surface area contributed by atoms with E-state index in [1.807, 2.05) is 19.1 Å². The molecule has 8 heteroatoms. The van der Waals surface area contributed by atoms with Crippen LogP contribution in [0.5, 0.6) is 0 Å². The van der Waals surface area contributed by atoms with Gasteiger partial charge in [-0.15, -0.1) is 11.3 Å². The molecular weight excluding hydrogens is 328 g/mol. The van der Waals surface area contributed by atoms with Crippen LogP contribution in [0.3, 0.4) is 0 Å². The molecule has 2 heterocycles. The molecule has 0 saturated carbocycles. The SMILES string of the molecule is CC(NC(=O)CNC(=O)CNC(=O)c1cccs1)c1ccccn1. The fourth-order valence-electron chi connectivity index (χ4n) is 1.90. The van der Waals surface area contributed by atoms with Crippen molar-refractivity contribution in [3.8, 4) is 0 Å². The van der Waals surface area contributed by atoms with Crippen LogP contribution in [0.25, 0.3) is 0 Å². The topological polar surface area (TPSA) is 100 Å². The van der Waals surface area contributed by atoms with E-state index in [2.05, 4.69) is 20.9 Å². The molecule has 0 spiro atoms. The van der Waals surface area contributed by atoms with Crippen LogP contribution in [-0.4, -0.2) is 35.8 Å². The predicted octanol–water partition coefficient (Wildman–Crippen LogP) is 0.866. The fraction of sp³-hybridized carbons (Fsp3) is 0.250. The Kier molecular flexibility index (Phi) is 6.44. The van der Waals surface area contributed by atoms with Crippen LogP contribution >= 0.6 is 11.3 Å². The zero-order valence-electron chi connectivity index (χ0n) is 13.1. The van der Waals surface area contributed by atoms with Gasteiger partial charge < -0.3 is 16.0 Å². The molecule has 0 aromatic carbocycles. The number of hydrogen-bond acceptors (Lipinski definition) is 5. The number of thiophene rings is 1. The Morgan fingerprint density at radius 2 is 1.88 bits per heavy atom. The molecule has 0 radical (unpaired) electrons. The highest BCUT2D eigenvalue weighted by Gasteiger charge is 2.12. The van der Waals surface area contributed by atoms with E-state index in [0.29, 0.717) is 4.88 Å². The molecule has 0 fully saturated rings. The number of carbonyl (C=O) groups excluding carboxylic acids is 3. The monoisotopic (exact) mass is 346 g/mol. The molecule has 0 aliphatic carbocycles. The van der Waals surface area contributed by atoms with E-state index in [4.69, 9.17) is 0 Å². The van der Waals surface area contributed by atoms with Crippen LogP contribution < -0.4 is 16.0 Å². The van der Waals surface area contributed by atoms with Crippen LogP contribution in [0.15, 0.2) is 41.9 Å². The van der Waals surface area contributed by atoms with Crippen LogP contribution in [0.2, 0.25) is 0 Å². The van der Waals surface area contributed by atoms with Gasteiger partial charge in [-0.25, -0.2) is 0 Å². The van der Waals surface area contributed by atoms with E-state index in [9.17, 15) is 14.4 Å². The van der Waals surface area contributed by atoms with Crippen molar-refractivity contribution in [3.05, 3.63) is 52.5 Å². The number of pyridine rings is 1. The van der Waals surface area contributed by atoms with Crippen molar-refractivity contribution in [3.63, 3.8) is 0 Å². The summed E-state index contributed by atoms with van der Waals surface area (Å²) >= 11 is 1.29. The molecule has 2 aromatic rings. The van der Waals surface area contributed by atoms with Crippen molar-refractivity contribution >= 4 is 29.1 Å². The molecule has 7 nitrogen and oxygen atoms in total.